The molecule has 1 atom stereocenters. The number of likely N-dealkylation sites (N-methyl/N-ethyl adjacent to an activating group) is 1. The fourth-order valence-electron chi connectivity index (χ4n) is 5.15. The number of pyridine rings is 1. The Morgan fingerprint density at radius 1 is 1.15 bits per heavy atom. The number of aromatic nitrogens is 1. The third-order valence-electron chi connectivity index (χ3n) is 7.58. The number of nitrogens with one attached hydrogen (secondary N) is 2. The van der Waals surface area contributed by atoms with E-state index in [0.717, 1.165) is 80.9 Å². The second-order valence-electron chi connectivity index (χ2n) is 10.6. The largest absolute Gasteiger partial charge is 0.388 e. The van der Waals surface area contributed by atoms with Crippen molar-refractivity contribution < 1.29 is 9.53 Å². The molecule has 1 aromatic heterocycles. The highest BCUT2D eigenvalue weighted by Crippen LogP contribution is 2.28. The number of benzene rings is 1. The molecule has 2 aromatic rings. The SMILES string of the molecule is CCCN(CCC)C(=O)c1ccc(C2CCN(CC=Cc3cnccc3N/C=C\C(=C/C(C)OC)NC)CC2)cc1. The standard InChI is InChI=1S/C34H49N5O2/c1-6-20-39(21-7-2)34(40)30-12-10-28(11-13-30)29-16-23-38(24-17-29)22-8-9-31-26-36-18-15-33(31)37-19-14-32(35-4)25-27(3)41-5/h8-15,18-19,25-27,29,35H,6-7,16-17,20-24H2,1-5H3,(H,36,37)/b9-8?,19-14-,32-25+. The number of methoxy groups -OCH3 is 1. The first-order chi connectivity index (χ1) is 20.0. The van der Waals surface area contributed by atoms with Crippen LogP contribution in [0.2, 0.25) is 0 Å². The van der Waals surface area contributed by atoms with Gasteiger partial charge in [0.05, 0.1) is 6.10 Å². The van der Waals surface area contributed by atoms with Crippen LogP contribution in [0.4, 0.5) is 5.69 Å². The van der Waals surface area contributed by atoms with Gasteiger partial charge in [-0.2, -0.15) is 0 Å². The maximum absolute atomic E-state index is 12.9. The normalized spacial score (nSPS) is 15.9. The van der Waals surface area contributed by atoms with Gasteiger partial charge >= 0.3 is 0 Å². The fraction of sp³-hybridized carbons (Fsp3) is 0.471. The molecule has 0 spiro atoms. The first-order valence-corrected chi connectivity index (χ1v) is 15.1. The van der Waals surface area contributed by atoms with E-state index in [1.54, 1.807) is 13.3 Å². The van der Waals surface area contributed by atoms with Gasteiger partial charge in [0.1, 0.15) is 0 Å². The van der Waals surface area contributed by atoms with Crippen LogP contribution in [0, 0.1) is 0 Å². The minimum atomic E-state index is 0.0370. The molecule has 7 heteroatoms. The van der Waals surface area contributed by atoms with Crippen LogP contribution >= 0.6 is 0 Å². The maximum atomic E-state index is 12.9. The highest BCUT2D eigenvalue weighted by molar-refractivity contribution is 5.94. The number of ether oxygens (including phenoxy) is 1. The van der Waals surface area contributed by atoms with Gasteiger partial charge in [-0.1, -0.05) is 38.1 Å². The summed E-state index contributed by atoms with van der Waals surface area (Å²) in [5, 5.41) is 6.56. The Hall–Kier alpha value is -3.42. The lowest BCUT2D eigenvalue weighted by Gasteiger charge is -2.31. The quantitative estimate of drug-likeness (QED) is 0.250. The van der Waals surface area contributed by atoms with Gasteiger partial charge in [-0.15, -0.1) is 0 Å². The van der Waals surface area contributed by atoms with E-state index in [9.17, 15) is 4.79 Å². The van der Waals surface area contributed by atoms with Crippen molar-refractivity contribution in [3.63, 3.8) is 0 Å². The molecule has 1 aliphatic rings. The molecule has 1 amide bonds. The number of likely N-dealkylation sites (tertiary alicyclic amines) is 1. The molecule has 1 fully saturated rings. The molecule has 1 saturated heterocycles. The lowest BCUT2D eigenvalue weighted by Crippen LogP contribution is -2.33. The summed E-state index contributed by atoms with van der Waals surface area (Å²) in [6.07, 6.45) is 18.3. The molecule has 1 aliphatic heterocycles. The molecule has 3 rings (SSSR count). The van der Waals surface area contributed by atoms with E-state index in [0.29, 0.717) is 5.92 Å². The van der Waals surface area contributed by atoms with Crippen molar-refractivity contribution in [1.82, 2.24) is 20.1 Å². The topological polar surface area (TPSA) is 69.7 Å². The van der Waals surface area contributed by atoms with Crippen molar-refractivity contribution >= 4 is 17.7 Å². The third kappa shape index (κ3) is 10.2. The first kappa shape index (κ1) is 32.1. The van der Waals surface area contributed by atoms with Gasteiger partial charge in [-0.3, -0.25) is 14.7 Å². The van der Waals surface area contributed by atoms with Crippen LogP contribution < -0.4 is 10.6 Å². The molecular formula is C34H49N5O2. The van der Waals surface area contributed by atoms with Crippen LogP contribution in [0.15, 0.2) is 72.9 Å². The average Bonchev–Trinajstić information content (AvgIpc) is 3.01. The van der Waals surface area contributed by atoms with Crippen LogP contribution in [0.1, 0.15) is 73.9 Å². The zero-order valence-electron chi connectivity index (χ0n) is 25.6. The molecule has 222 valence electrons. The molecule has 41 heavy (non-hydrogen) atoms. The number of nitrogens with zero attached hydrogens (tertiary/aromatic N) is 3. The Labute approximate surface area is 247 Å². The molecule has 0 radical (unpaired) electrons. The van der Waals surface area contributed by atoms with Crippen LogP contribution in [0.5, 0.6) is 0 Å². The molecule has 0 saturated carbocycles. The first-order valence-electron chi connectivity index (χ1n) is 15.1. The summed E-state index contributed by atoms with van der Waals surface area (Å²) in [6, 6.07) is 10.4. The van der Waals surface area contributed by atoms with Gasteiger partial charge in [-0.05, 0) is 87.5 Å². The van der Waals surface area contributed by atoms with Crippen molar-refractivity contribution in [1.29, 1.82) is 0 Å². The Kier molecular flexibility index (Phi) is 13.6. The summed E-state index contributed by atoms with van der Waals surface area (Å²) in [6.45, 7) is 10.9. The maximum Gasteiger partial charge on any atom is 0.253 e. The van der Waals surface area contributed by atoms with Gasteiger partial charge in [0.2, 0.25) is 0 Å². The van der Waals surface area contributed by atoms with E-state index in [4.69, 9.17) is 4.74 Å². The summed E-state index contributed by atoms with van der Waals surface area (Å²) >= 11 is 0. The minimum absolute atomic E-state index is 0.0370. The summed E-state index contributed by atoms with van der Waals surface area (Å²) in [4.78, 5) is 21.7. The van der Waals surface area contributed by atoms with E-state index >= 15 is 0 Å². The van der Waals surface area contributed by atoms with Gasteiger partial charge in [0.25, 0.3) is 5.91 Å². The molecule has 2 heterocycles. The monoisotopic (exact) mass is 559 g/mol. The van der Waals surface area contributed by atoms with Crippen molar-refractivity contribution in [2.24, 2.45) is 0 Å². The smallest absolute Gasteiger partial charge is 0.253 e. The number of hydrogen-bond acceptors (Lipinski definition) is 6. The lowest BCUT2D eigenvalue weighted by molar-refractivity contribution is 0.0755. The van der Waals surface area contributed by atoms with Gasteiger partial charge < -0.3 is 20.3 Å². The van der Waals surface area contributed by atoms with Gasteiger partial charge in [0.15, 0.2) is 0 Å². The highest BCUT2D eigenvalue weighted by Gasteiger charge is 2.21. The second kappa shape index (κ2) is 17.4. The second-order valence-corrected chi connectivity index (χ2v) is 10.6. The minimum Gasteiger partial charge on any atom is -0.388 e. The Bertz CT molecular complexity index is 1140. The lowest BCUT2D eigenvalue weighted by atomic mass is 9.89. The number of amides is 1. The summed E-state index contributed by atoms with van der Waals surface area (Å²) in [5.74, 6) is 0.701. The molecule has 1 unspecified atom stereocenters. The van der Waals surface area contributed by atoms with E-state index in [-0.39, 0.29) is 12.0 Å². The van der Waals surface area contributed by atoms with Gasteiger partial charge in [0, 0.05) is 74.9 Å². The van der Waals surface area contributed by atoms with Gasteiger partial charge in [-0.25, -0.2) is 0 Å². The zero-order valence-corrected chi connectivity index (χ0v) is 25.6. The zero-order chi connectivity index (χ0) is 29.5. The van der Waals surface area contributed by atoms with Crippen molar-refractivity contribution in [2.75, 3.05) is 52.2 Å². The Morgan fingerprint density at radius 2 is 1.85 bits per heavy atom. The fourth-order valence-corrected chi connectivity index (χ4v) is 5.15. The Balaban J connectivity index is 1.50. The number of anilines is 1. The van der Waals surface area contributed by atoms with E-state index in [1.807, 2.05) is 61.6 Å². The summed E-state index contributed by atoms with van der Waals surface area (Å²) < 4.78 is 5.32. The number of hydrogen-bond donors (Lipinski definition) is 2. The van der Waals surface area contributed by atoms with E-state index in [2.05, 4.69) is 58.6 Å². The number of allylic oxidation sites excluding steroid dienone is 1. The van der Waals surface area contributed by atoms with Crippen LogP contribution in [0.3, 0.4) is 0 Å². The predicted octanol–water partition coefficient (Wildman–Crippen LogP) is 6.30. The molecule has 7 nitrogen and oxygen atoms in total. The molecule has 2 N–H and O–H groups in total. The molecule has 1 aromatic carbocycles. The number of carbonyl (C=O) groups is 1. The predicted molar refractivity (Wildman–Crippen MR) is 171 cm³/mol. The Morgan fingerprint density at radius 3 is 2.49 bits per heavy atom. The van der Waals surface area contributed by atoms with Crippen molar-refractivity contribution in [3.8, 4) is 0 Å². The molecular weight excluding hydrogens is 510 g/mol. The average molecular weight is 560 g/mol. The number of carbonyl (C=O) groups excluding carboxylic acids is 1. The van der Waals surface area contributed by atoms with Crippen LogP contribution in [-0.2, 0) is 4.74 Å². The van der Waals surface area contributed by atoms with Crippen molar-refractivity contribution in [3.05, 3.63) is 89.5 Å². The van der Waals surface area contributed by atoms with E-state index < -0.39 is 0 Å². The number of rotatable bonds is 15. The summed E-state index contributed by atoms with van der Waals surface area (Å²) in [5.41, 5.74) is 5.20. The van der Waals surface area contributed by atoms with E-state index in [1.165, 1.54) is 5.56 Å². The third-order valence-corrected chi connectivity index (χ3v) is 7.58. The van der Waals surface area contributed by atoms with Crippen LogP contribution in [-0.4, -0.2) is 73.7 Å². The highest BCUT2D eigenvalue weighted by atomic mass is 16.5. The molecule has 0 bridgehead atoms. The molecule has 0 aliphatic carbocycles. The number of piperidine rings is 1. The van der Waals surface area contributed by atoms with Crippen molar-refractivity contribution in [2.45, 2.75) is 58.5 Å². The summed E-state index contributed by atoms with van der Waals surface area (Å²) in [7, 11) is 3.60. The van der Waals surface area contributed by atoms with Crippen LogP contribution in [0.25, 0.3) is 6.08 Å².